The third kappa shape index (κ3) is 5.62. The number of furan rings is 2. The molecule has 0 aliphatic rings. The zero-order valence-corrected chi connectivity index (χ0v) is 32.7. The van der Waals surface area contributed by atoms with Crippen LogP contribution in [0.4, 0.5) is 0 Å². The standard InChI is InChI=1S/C57H34N4O2/c1-4-15-35(16-5-1)38-29-31-42-41-21-10-11-25-46(41)61(48(42)33-38)47-26-12-23-44-53-45(24-14-28-50(53)63-54(44)47)57-59-55(37-19-8-3-9-20-37)58-56(60-57)39-30-32-43-51(34-39)62-49-27-13-22-40(52(43)49)36-17-6-2-7-18-36/h1-34H/i1D,4D,10D,11D,12D,14D,15D,16D,21D,24D,28D,29D,31D,33D. The van der Waals surface area contributed by atoms with Gasteiger partial charge in [-0.3, -0.25) is 0 Å². The van der Waals surface area contributed by atoms with Gasteiger partial charge in [0.25, 0.3) is 0 Å². The highest BCUT2D eigenvalue weighted by Gasteiger charge is 2.22. The number of benzene rings is 9. The van der Waals surface area contributed by atoms with Gasteiger partial charge in [-0.15, -0.1) is 0 Å². The monoisotopic (exact) mass is 820 g/mol. The molecule has 0 bridgehead atoms. The lowest BCUT2D eigenvalue weighted by Crippen LogP contribution is -2.00. The fraction of sp³-hybridized carbons (Fsp3) is 0. The maximum atomic E-state index is 9.80. The third-order valence-electron chi connectivity index (χ3n) is 11.2. The van der Waals surface area contributed by atoms with E-state index < -0.39 is 84.1 Å². The van der Waals surface area contributed by atoms with Crippen molar-refractivity contribution < 1.29 is 28.0 Å². The van der Waals surface area contributed by atoms with Gasteiger partial charge in [-0.05, 0) is 64.7 Å². The number of hydrogen-bond acceptors (Lipinski definition) is 5. The quantitative estimate of drug-likeness (QED) is 0.167. The largest absolute Gasteiger partial charge is 0.456 e. The van der Waals surface area contributed by atoms with E-state index in [-0.39, 0.29) is 84.1 Å². The first-order valence-electron chi connectivity index (χ1n) is 26.9. The second-order valence-electron chi connectivity index (χ2n) is 14.8. The number of hydrogen-bond donors (Lipinski definition) is 0. The first kappa shape index (κ1) is 24.0. The highest BCUT2D eigenvalue weighted by molar-refractivity contribution is 6.16. The molecule has 0 saturated heterocycles. The van der Waals surface area contributed by atoms with E-state index in [4.69, 9.17) is 34.8 Å². The van der Waals surface area contributed by atoms with Gasteiger partial charge >= 0.3 is 0 Å². The van der Waals surface area contributed by atoms with Crippen LogP contribution in [0.15, 0.2) is 215 Å². The molecule has 0 atom stereocenters. The maximum Gasteiger partial charge on any atom is 0.164 e. The van der Waals surface area contributed by atoms with Crippen LogP contribution in [0.2, 0.25) is 0 Å². The molecule has 0 saturated carbocycles. The normalized spacial score (nSPS) is 14.9. The van der Waals surface area contributed by atoms with Crippen molar-refractivity contribution in [3.05, 3.63) is 206 Å². The summed E-state index contributed by atoms with van der Waals surface area (Å²) in [4.78, 5) is 14.9. The Morgan fingerprint density at radius 1 is 0.397 bits per heavy atom. The highest BCUT2D eigenvalue weighted by Crippen LogP contribution is 2.43. The fourth-order valence-corrected chi connectivity index (χ4v) is 8.44. The van der Waals surface area contributed by atoms with Gasteiger partial charge in [-0.25, -0.2) is 15.0 Å². The second-order valence-corrected chi connectivity index (χ2v) is 14.8. The zero-order valence-electron chi connectivity index (χ0n) is 46.7. The van der Waals surface area contributed by atoms with Gasteiger partial charge in [-0.2, -0.15) is 0 Å². The Morgan fingerprint density at radius 2 is 1.19 bits per heavy atom. The number of aromatic nitrogens is 4. The van der Waals surface area contributed by atoms with Crippen molar-refractivity contribution >= 4 is 65.7 Å². The first-order valence-corrected chi connectivity index (χ1v) is 19.9. The van der Waals surface area contributed by atoms with Crippen LogP contribution in [0.3, 0.4) is 0 Å². The molecule has 0 spiro atoms. The van der Waals surface area contributed by atoms with Gasteiger partial charge in [0.05, 0.1) is 35.9 Å². The number of rotatable bonds is 6. The molecule has 294 valence electrons. The van der Waals surface area contributed by atoms with Gasteiger partial charge in [-0.1, -0.05) is 164 Å². The molecule has 0 aliphatic heterocycles. The van der Waals surface area contributed by atoms with E-state index in [1.165, 1.54) is 22.8 Å². The Morgan fingerprint density at radius 3 is 2.08 bits per heavy atom. The lowest BCUT2D eigenvalue weighted by atomic mass is 9.99. The van der Waals surface area contributed by atoms with Crippen LogP contribution in [-0.4, -0.2) is 19.5 Å². The summed E-state index contributed by atoms with van der Waals surface area (Å²) in [7, 11) is 0. The SMILES string of the molecule is [2H]c1cc(-n2c3cc([2H])c([2H])c([2H])c3c3c([2H])c([2H])c(-c4c([2H])cc([2H])c([2H])c4[2H])c([2H])c32)c2oc3c([2H])c([2H])c([2H])c(-c4nc(-c5ccccc5)nc(-c5ccc6c(c5)oc5cccc(-c7ccccc7)c56)n4)c3c2c1. The third-order valence-corrected chi connectivity index (χ3v) is 11.2. The molecule has 6 nitrogen and oxygen atoms in total. The first-order chi connectivity index (χ1) is 37.0. The molecule has 0 fully saturated rings. The number of fused-ring (bicyclic) bond motifs is 9. The summed E-state index contributed by atoms with van der Waals surface area (Å²) >= 11 is 0. The van der Waals surface area contributed by atoms with E-state index in [0.717, 1.165) is 28.0 Å². The summed E-state index contributed by atoms with van der Waals surface area (Å²) in [5, 5.41) is 1.74. The second kappa shape index (κ2) is 14.0. The van der Waals surface area contributed by atoms with Crippen LogP contribution >= 0.6 is 0 Å². The zero-order chi connectivity index (χ0) is 53.6. The molecule has 0 unspecified atom stereocenters. The van der Waals surface area contributed by atoms with Crippen molar-refractivity contribution in [1.82, 2.24) is 19.5 Å². The molecule has 4 heterocycles. The summed E-state index contributed by atoms with van der Waals surface area (Å²) in [6, 6.07) is 28.8. The van der Waals surface area contributed by atoms with E-state index >= 15 is 0 Å². The average molecular weight is 821 g/mol. The minimum Gasteiger partial charge on any atom is -0.456 e. The Labute approximate surface area is 380 Å². The predicted molar refractivity (Wildman–Crippen MR) is 256 cm³/mol. The summed E-state index contributed by atoms with van der Waals surface area (Å²) in [6.45, 7) is 0. The molecule has 9 aromatic carbocycles. The van der Waals surface area contributed by atoms with Crippen LogP contribution in [-0.2, 0) is 0 Å². The van der Waals surface area contributed by atoms with Crippen molar-refractivity contribution in [2.75, 3.05) is 0 Å². The average Bonchev–Trinajstić information content (AvgIpc) is 4.13. The van der Waals surface area contributed by atoms with Crippen molar-refractivity contribution in [1.29, 1.82) is 0 Å². The van der Waals surface area contributed by atoms with Gasteiger partial charge in [0.2, 0.25) is 0 Å². The van der Waals surface area contributed by atoms with E-state index in [9.17, 15) is 8.22 Å². The summed E-state index contributed by atoms with van der Waals surface area (Å²) in [6.07, 6.45) is 0. The Kier molecular flexibility index (Phi) is 5.32. The summed E-state index contributed by atoms with van der Waals surface area (Å²) in [5.41, 5.74) is 3.08. The fourth-order valence-electron chi connectivity index (χ4n) is 8.44. The van der Waals surface area contributed by atoms with E-state index in [2.05, 4.69) is 0 Å². The highest BCUT2D eigenvalue weighted by atomic mass is 16.3. The molecule has 0 aliphatic carbocycles. The van der Waals surface area contributed by atoms with E-state index in [0.29, 0.717) is 22.3 Å². The molecule has 0 radical (unpaired) electrons. The van der Waals surface area contributed by atoms with Crippen molar-refractivity contribution in [2.45, 2.75) is 0 Å². The minimum absolute atomic E-state index is 0.00204. The molecular formula is C57H34N4O2. The van der Waals surface area contributed by atoms with Gasteiger partial charge in [0.1, 0.15) is 16.7 Å². The topological polar surface area (TPSA) is 69.9 Å². The van der Waals surface area contributed by atoms with Crippen LogP contribution in [0.5, 0.6) is 0 Å². The predicted octanol–water partition coefficient (Wildman–Crippen LogP) is 15.1. The lowest BCUT2D eigenvalue weighted by Gasteiger charge is -2.10. The van der Waals surface area contributed by atoms with Crippen LogP contribution in [0.25, 0.3) is 128 Å². The van der Waals surface area contributed by atoms with Gasteiger partial charge < -0.3 is 13.4 Å². The molecule has 0 amide bonds. The Hall–Kier alpha value is -8.61. The van der Waals surface area contributed by atoms with Crippen molar-refractivity contribution in [3.63, 3.8) is 0 Å². The van der Waals surface area contributed by atoms with Crippen molar-refractivity contribution in [3.8, 4) is 62.1 Å². The minimum atomic E-state index is -0.626. The van der Waals surface area contributed by atoms with Gasteiger partial charge in [0.15, 0.2) is 23.1 Å². The van der Waals surface area contributed by atoms with Crippen LogP contribution < -0.4 is 0 Å². The number of para-hydroxylation sites is 2. The van der Waals surface area contributed by atoms with Crippen molar-refractivity contribution in [2.24, 2.45) is 0 Å². The maximum absolute atomic E-state index is 9.80. The van der Waals surface area contributed by atoms with E-state index in [1.807, 2.05) is 97.1 Å². The Bertz CT molecular complexity index is 4750. The van der Waals surface area contributed by atoms with Crippen LogP contribution in [0, 0.1) is 0 Å². The van der Waals surface area contributed by atoms with Crippen LogP contribution in [0.1, 0.15) is 19.2 Å². The van der Waals surface area contributed by atoms with Gasteiger partial charge in [0, 0.05) is 49.0 Å². The molecular weight excluding hydrogens is 773 g/mol. The Balaban J connectivity index is 1.10. The van der Waals surface area contributed by atoms with E-state index in [1.54, 1.807) is 0 Å². The summed E-state index contributed by atoms with van der Waals surface area (Å²) < 4.78 is 141. The smallest absolute Gasteiger partial charge is 0.164 e. The molecule has 63 heavy (non-hydrogen) atoms. The molecule has 4 aromatic heterocycles. The number of nitrogens with zero attached hydrogens (tertiary/aromatic N) is 4. The summed E-state index contributed by atoms with van der Waals surface area (Å²) in [5.74, 6) is 0.317. The molecule has 6 heteroatoms. The molecule has 13 aromatic rings. The molecule has 13 rings (SSSR count). The lowest BCUT2D eigenvalue weighted by molar-refractivity contribution is 0.666. The molecule has 0 N–H and O–H groups in total.